The Kier molecular flexibility index (Phi) is 5.62. The van der Waals surface area contributed by atoms with Gasteiger partial charge in [0.1, 0.15) is 5.75 Å². The first-order valence-electron chi connectivity index (χ1n) is 5.57. The van der Waals surface area contributed by atoms with Crippen molar-refractivity contribution >= 4 is 33.6 Å². The Morgan fingerprint density at radius 1 is 1.11 bits per heavy atom. The first kappa shape index (κ1) is 15.3. The molecule has 0 aliphatic carbocycles. The number of phenolic OH excluding ortho intramolecular Hbond substituents is 1. The molecular weight excluding hydrogens is 318 g/mol. The summed E-state index contributed by atoms with van der Waals surface area (Å²) in [5.41, 5.74) is 0.586. The van der Waals surface area contributed by atoms with Crippen LogP contribution in [0.2, 0.25) is 0 Å². The second kappa shape index (κ2) is 6.98. The molecule has 7 heteroatoms. The Bertz CT molecular complexity index is 459. The van der Waals surface area contributed by atoms with Crippen molar-refractivity contribution in [2.75, 3.05) is 18.0 Å². The number of phenols is 1. The number of anilines is 1. The lowest BCUT2D eigenvalue weighted by Gasteiger charge is -2.23. The molecule has 104 valence electrons. The maximum atomic E-state index is 10.6. The zero-order valence-corrected chi connectivity index (χ0v) is 11.6. The topological polar surface area (TPSA) is 98.1 Å². The SMILES string of the molecule is O=C(O)CCN(CCC(=O)O)c1ccc(Br)c(O)c1. The second-order valence-corrected chi connectivity index (χ2v) is 4.76. The van der Waals surface area contributed by atoms with Crippen LogP contribution in [0.25, 0.3) is 0 Å². The molecule has 0 radical (unpaired) electrons. The number of hydrogen-bond acceptors (Lipinski definition) is 4. The highest BCUT2D eigenvalue weighted by atomic mass is 79.9. The molecule has 0 saturated carbocycles. The molecular formula is C12H14BrNO5. The fraction of sp³-hybridized carbons (Fsp3) is 0.333. The highest BCUT2D eigenvalue weighted by Gasteiger charge is 2.12. The maximum absolute atomic E-state index is 10.6. The van der Waals surface area contributed by atoms with Crippen LogP contribution in [0, 0.1) is 0 Å². The van der Waals surface area contributed by atoms with Gasteiger partial charge in [0.25, 0.3) is 0 Å². The minimum atomic E-state index is -0.957. The van der Waals surface area contributed by atoms with Gasteiger partial charge in [0.05, 0.1) is 17.3 Å². The normalized spacial score (nSPS) is 10.2. The molecule has 0 atom stereocenters. The molecule has 0 unspecified atom stereocenters. The number of carbonyl (C=O) groups is 2. The fourth-order valence-electron chi connectivity index (χ4n) is 1.53. The van der Waals surface area contributed by atoms with Crippen molar-refractivity contribution in [2.24, 2.45) is 0 Å². The minimum absolute atomic E-state index is 0.0214. The lowest BCUT2D eigenvalue weighted by molar-refractivity contribution is -0.137. The van der Waals surface area contributed by atoms with E-state index in [0.29, 0.717) is 10.2 Å². The molecule has 0 aromatic heterocycles. The van der Waals surface area contributed by atoms with Crippen LogP contribution in [-0.2, 0) is 9.59 Å². The van der Waals surface area contributed by atoms with Crippen molar-refractivity contribution in [2.45, 2.75) is 12.8 Å². The minimum Gasteiger partial charge on any atom is -0.507 e. The van der Waals surface area contributed by atoms with Crippen LogP contribution in [0.15, 0.2) is 22.7 Å². The molecule has 1 aromatic rings. The van der Waals surface area contributed by atoms with E-state index in [1.54, 1.807) is 17.0 Å². The van der Waals surface area contributed by atoms with E-state index in [-0.39, 0.29) is 31.7 Å². The number of carboxylic acids is 2. The Hall–Kier alpha value is -1.76. The summed E-state index contributed by atoms with van der Waals surface area (Å²) >= 11 is 3.15. The smallest absolute Gasteiger partial charge is 0.305 e. The molecule has 19 heavy (non-hydrogen) atoms. The lowest BCUT2D eigenvalue weighted by atomic mass is 10.2. The van der Waals surface area contributed by atoms with Gasteiger partial charge >= 0.3 is 11.9 Å². The molecule has 3 N–H and O–H groups in total. The predicted molar refractivity (Wildman–Crippen MR) is 72.5 cm³/mol. The summed E-state index contributed by atoms with van der Waals surface area (Å²) in [6, 6.07) is 4.78. The summed E-state index contributed by atoms with van der Waals surface area (Å²) in [5.74, 6) is -1.89. The number of aliphatic carboxylic acids is 2. The Morgan fingerprint density at radius 3 is 2.05 bits per heavy atom. The fourth-order valence-corrected chi connectivity index (χ4v) is 1.78. The predicted octanol–water partition coefficient (Wildman–Crippen LogP) is 1.91. The van der Waals surface area contributed by atoms with Crippen molar-refractivity contribution in [1.29, 1.82) is 0 Å². The highest BCUT2D eigenvalue weighted by Crippen LogP contribution is 2.28. The zero-order valence-electron chi connectivity index (χ0n) is 10.0. The second-order valence-electron chi connectivity index (χ2n) is 3.91. The molecule has 0 amide bonds. The van der Waals surface area contributed by atoms with Crippen molar-refractivity contribution < 1.29 is 24.9 Å². The van der Waals surface area contributed by atoms with E-state index in [4.69, 9.17) is 10.2 Å². The van der Waals surface area contributed by atoms with Crippen LogP contribution in [0.5, 0.6) is 5.75 Å². The Labute approximate surface area is 118 Å². The molecule has 1 rings (SSSR count). The summed E-state index contributed by atoms with van der Waals surface area (Å²) in [5, 5.41) is 27.0. The summed E-state index contributed by atoms with van der Waals surface area (Å²) < 4.78 is 0.521. The van der Waals surface area contributed by atoms with E-state index >= 15 is 0 Å². The van der Waals surface area contributed by atoms with E-state index in [0.717, 1.165) is 0 Å². The van der Waals surface area contributed by atoms with Gasteiger partial charge < -0.3 is 20.2 Å². The van der Waals surface area contributed by atoms with Crippen molar-refractivity contribution in [3.63, 3.8) is 0 Å². The monoisotopic (exact) mass is 331 g/mol. The lowest BCUT2D eigenvalue weighted by Crippen LogP contribution is -2.28. The van der Waals surface area contributed by atoms with E-state index in [9.17, 15) is 14.7 Å². The van der Waals surface area contributed by atoms with E-state index in [2.05, 4.69) is 15.9 Å². The van der Waals surface area contributed by atoms with Crippen molar-refractivity contribution in [3.05, 3.63) is 22.7 Å². The third-order valence-electron chi connectivity index (χ3n) is 2.49. The molecule has 0 fully saturated rings. The molecule has 0 aliphatic rings. The Balaban J connectivity index is 2.83. The van der Waals surface area contributed by atoms with Crippen LogP contribution in [-0.4, -0.2) is 40.3 Å². The number of nitrogens with zero attached hydrogens (tertiary/aromatic N) is 1. The van der Waals surface area contributed by atoms with Crippen molar-refractivity contribution in [3.8, 4) is 5.75 Å². The average Bonchev–Trinajstić information content (AvgIpc) is 2.32. The van der Waals surface area contributed by atoms with Gasteiger partial charge in [0, 0.05) is 24.8 Å². The van der Waals surface area contributed by atoms with Crippen LogP contribution in [0.4, 0.5) is 5.69 Å². The number of aromatic hydroxyl groups is 1. The largest absolute Gasteiger partial charge is 0.507 e. The standard InChI is InChI=1S/C12H14BrNO5/c13-9-2-1-8(7-10(9)15)14(5-3-11(16)17)6-4-12(18)19/h1-2,7,15H,3-6H2,(H,16,17)(H,18,19). The summed E-state index contributed by atoms with van der Waals surface area (Å²) in [6.45, 7) is 0.368. The number of hydrogen-bond donors (Lipinski definition) is 3. The van der Waals surface area contributed by atoms with Gasteiger partial charge in [0.2, 0.25) is 0 Å². The summed E-state index contributed by atoms with van der Waals surface area (Å²) in [4.78, 5) is 22.8. The molecule has 0 aliphatic heterocycles. The highest BCUT2D eigenvalue weighted by molar-refractivity contribution is 9.10. The molecule has 1 aromatic carbocycles. The van der Waals surface area contributed by atoms with Crippen LogP contribution in [0.3, 0.4) is 0 Å². The van der Waals surface area contributed by atoms with Gasteiger partial charge in [0.15, 0.2) is 0 Å². The van der Waals surface area contributed by atoms with Crippen LogP contribution in [0.1, 0.15) is 12.8 Å². The zero-order chi connectivity index (χ0) is 14.4. The average molecular weight is 332 g/mol. The van der Waals surface area contributed by atoms with Gasteiger partial charge in [-0.1, -0.05) is 0 Å². The number of benzene rings is 1. The third-order valence-corrected chi connectivity index (χ3v) is 3.16. The molecule has 0 saturated heterocycles. The summed E-state index contributed by atoms with van der Waals surface area (Å²) in [6.07, 6.45) is -0.201. The van der Waals surface area contributed by atoms with E-state index in [1.807, 2.05) is 0 Å². The molecule has 6 nitrogen and oxygen atoms in total. The molecule has 0 spiro atoms. The number of halogens is 1. The van der Waals surface area contributed by atoms with Crippen LogP contribution >= 0.6 is 15.9 Å². The van der Waals surface area contributed by atoms with E-state index in [1.165, 1.54) is 6.07 Å². The maximum Gasteiger partial charge on any atom is 0.305 e. The van der Waals surface area contributed by atoms with Gasteiger partial charge in [-0.05, 0) is 28.1 Å². The van der Waals surface area contributed by atoms with Gasteiger partial charge in [-0.3, -0.25) is 9.59 Å². The number of rotatable bonds is 7. The molecule has 0 bridgehead atoms. The first-order valence-corrected chi connectivity index (χ1v) is 6.36. The van der Waals surface area contributed by atoms with Gasteiger partial charge in [-0.15, -0.1) is 0 Å². The molecule has 0 heterocycles. The Morgan fingerprint density at radius 2 is 1.63 bits per heavy atom. The third kappa shape index (κ3) is 5.17. The van der Waals surface area contributed by atoms with E-state index < -0.39 is 11.9 Å². The quantitative estimate of drug-likeness (QED) is 0.706. The summed E-state index contributed by atoms with van der Waals surface area (Å²) in [7, 11) is 0. The van der Waals surface area contributed by atoms with Crippen molar-refractivity contribution in [1.82, 2.24) is 0 Å². The number of carboxylic acid groups (broad SMARTS) is 2. The van der Waals surface area contributed by atoms with Gasteiger partial charge in [-0.2, -0.15) is 0 Å². The van der Waals surface area contributed by atoms with Gasteiger partial charge in [-0.25, -0.2) is 0 Å². The first-order chi connectivity index (χ1) is 8.90. The van der Waals surface area contributed by atoms with Crippen LogP contribution < -0.4 is 4.90 Å².